The molecule has 1 N–H and O–H groups in total. The fraction of sp³-hybridized carbons (Fsp3) is 0.0769. The molecule has 158 valence electrons. The number of halogens is 2. The number of nitrogens with one attached hydrogen (secondary N) is 1. The summed E-state index contributed by atoms with van der Waals surface area (Å²) in [6.07, 6.45) is 1.60. The summed E-state index contributed by atoms with van der Waals surface area (Å²) >= 11 is 12.2. The van der Waals surface area contributed by atoms with Crippen molar-refractivity contribution in [2.24, 2.45) is 0 Å². The fourth-order valence-corrected chi connectivity index (χ4v) is 4.02. The highest BCUT2D eigenvalue weighted by molar-refractivity contribution is 6.42. The molecule has 1 heterocycles. The van der Waals surface area contributed by atoms with Gasteiger partial charge in [-0.3, -0.25) is 4.79 Å². The van der Waals surface area contributed by atoms with Crippen LogP contribution in [-0.4, -0.2) is 10.5 Å². The third-order valence-corrected chi connectivity index (χ3v) is 6.04. The Morgan fingerprint density at radius 3 is 2.44 bits per heavy atom. The van der Waals surface area contributed by atoms with E-state index in [0.717, 1.165) is 33.4 Å². The summed E-state index contributed by atoms with van der Waals surface area (Å²) in [6.45, 7) is 3.88. The Morgan fingerprint density at radius 1 is 0.969 bits per heavy atom. The summed E-state index contributed by atoms with van der Waals surface area (Å²) in [7, 11) is 0. The maximum atomic E-state index is 12.8. The van der Waals surface area contributed by atoms with E-state index in [2.05, 4.69) is 5.32 Å². The first-order valence-corrected chi connectivity index (χ1v) is 10.7. The highest BCUT2D eigenvalue weighted by Gasteiger charge is 2.15. The van der Waals surface area contributed by atoms with E-state index in [1.807, 2.05) is 79.1 Å². The van der Waals surface area contributed by atoms with Crippen LogP contribution in [-0.2, 0) is 4.79 Å². The van der Waals surface area contributed by atoms with E-state index in [1.165, 1.54) is 0 Å². The van der Waals surface area contributed by atoms with Gasteiger partial charge in [0.25, 0.3) is 5.91 Å². The number of nitriles is 1. The quantitative estimate of drug-likeness (QED) is 0.261. The first-order valence-electron chi connectivity index (χ1n) is 9.93. The number of aryl methyl sites for hydroxylation is 1. The minimum atomic E-state index is -0.456. The number of hydrogen-bond donors (Lipinski definition) is 1. The molecule has 0 saturated carbocycles. The van der Waals surface area contributed by atoms with Crippen LogP contribution in [0.3, 0.4) is 0 Å². The van der Waals surface area contributed by atoms with Crippen molar-refractivity contribution in [1.29, 1.82) is 5.26 Å². The Morgan fingerprint density at radius 2 is 1.72 bits per heavy atom. The zero-order valence-electron chi connectivity index (χ0n) is 17.5. The Balaban J connectivity index is 1.64. The van der Waals surface area contributed by atoms with Crippen molar-refractivity contribution < 1.29 is 4.79 Å². The van der Waals surface area contributed by atoms with Crippen LogP contribution in [0, 0.1) is 25.2 Å². The maximum Gasteiger partial charge on any atom is 0.266 e. The Hall–Kier alpha value is -3.52. The summed E-state index contributed by atoms with van der Waals surface area (Å²) in [5.41, 5.74) is 4.11. The van der Waals surface area contributed by atoms with Crippen molar-refractivity contribution in [2.45, 2.75) is 13.8 Å². The van der Waals surface area contributed by atoms with E-state index >= 15 is 0 Å². The molecule has 0 radical (unpaired) electrons. The van der Waals surface area contributed by atoms with Gasteiger partial charge in [0.2, 0.25) is 0 Å². The minimum absolute atomic E-state index is 0.0209. The normalized spacial score (nSPS) is 11.4. The third-order valence-electron chi connectivity index (χ3n) is 5.30. The molecule has 1 aromatic heterocycles. The van der Waals surface area contributed by atoms with Crippen LogP contribution < -0.4 is 5.32 Å². The van der Waals surface area contributed by atoms with Gasteiger partial charge >= 0.3 is 0 Å². The molecule has 4 aromatic rings. The zero-order valence-corrected chi connectivity index (χ0v) is 19.0. The highest BCUT2D eigenvalue weighted by atomic mass is 35.5. The molecule has 3 aromatic carbocycles. The average Bonchev–Trinajstić information content (AvgIpc) is 3.06. The molecule has 0 atom stereocenters. The van der Waals surface area contributed by atoms with Crippen molar-refractivity contribution in [3.8, 4) is 11.8 Å². The summed E-state index contributed by atoms with van der Waals surface area (Å²) in [4.78, 5) is 12.8. The van der Waals surface area contributed by atoms with Crippen LogP contribution in [0.2, 0.25) is 10.0 Å². The van der Waals surface area contributed by atoms with E-state index < -0.39 is 5.91 Å². The van der Waals surface area contributed by atoms with Gasteiger partial charge in [-0.2, -0.15) is 5.26 Å². The van der Waals surface area contributed by atoms with Crippen LogP contribution in [0.1, 0.15) is 17.0 Å². The molecule has 0 aliphatic rings. The summed E-state index contributed by atoms with van der Waals surface area (Å²) in [5, 5.41) is 15.5. The number of benzene rings is 3. The molecule has 1 amide bonds. The zero-order chi connectivity index (χ0) is 22.8. The predicted octanol–water partition coefficient (Wildman–Crippen LogP) is 7.10. The fourth-order valence-electron chi connectivity index (χ4n) is 3.72. The molecule has 4 nitrogen and oxygen atoms in total. The first kappa shape index (κ1) is 21.7. The van der Waals surface area contributed by atoms with Gasteiger partial charge in [0.15, 0.2) is 0 Å². The number of carbonyl (C=O) groups excluding carboxylic acids is 1. The monoisotopic (exact) mass is 459 g/mol. The smallest absolute Gasteiger partial charge is 0.266 e. The van der Waals surface area contributed by atoms with Crippen molar-refractivity contribution in [3.63, 3.8) is 0 Å². The largest absolute Gasteiger partial charge is 0.321 e. The second kappa shape index (κ2) is 8.92. The van der Waals surface area contributed by atoms with Gasteiger partial charge in [-0.15, -0.1) is 0 Å². The van der Waals surface area contributed by atoms with Crippen molar-refractivity contribution >= 4 is 51.6 Å². The number of hydrogen-bond acceptors (Lipinski definition) is 2. The molecule has 0 fully saturated rings. The standard InChI is InChI=1S/C26H19Cl2N3O/c1-16-11-20(17(2)31(16)23-9-10-24(27)25(28)14-23)12-21(15-29)26(32)30-22-8-7-18-5-3-4-6-19(18)13-22/h3-14H,1-2H3,(H,30,32)/b21-12+. The Labute approximate surface area is 196 Å². The summed E-state index contributed by atoms with van der Waals surface area (Å²) < 4.78 is 2.00. The number of fused-ring (bicyclic) bond motifs is 1. The first-order chi connectivity index (χ1) is 15.4. The number of nitrogens with zero attached hydrogens (tertiary/aromatic N) is 2. The minimum Gasteiger partial charge on any atom is -0.321 e. The van der Waals surface area contributed by atoms with Crippen LogP contribution >= 0.6 is 23.2 Å². The summed E-state index contributed by atoms with van der Waals surface area (Å²) in [5.74, 6) is -0.456. The molecule has 0 saturated heterocycles. The van der Waals surface area contributed by atoms with Gasteiger partial charge in [0.05, 0.1) is 10.0 Å². The van der Waals surface area contributed by atoms with Gasteiger partial charge < -0.3 is 9.88 Å². The lowest BCUT2D eigenvalue weighted by molar-refractivity contribution is -0.112. The number of amides is 1. The van der Waals surface area contributed by atoms with Crippen LogP contribution in [0.4, 0.5) is 5.69 Å². The van der Waals surface area contributed by atoms with E-state index in [4.69, 9.17) is 23.2 Å². The third kappa shape index (κ3) is 4.27. The molecule has 0 bridgehead atoms. The van der Waals surface area contributed by atoms with E-state index in [0.29, 0.717) is 15.7 Å². The number of rotatable bonds is 4. The number of aromatic nitrogens is 1. The van der Waals surface area contributed by atoms with E-state index in [1.54, 1.807) is 18.2 Å². The molecule has 0 aliphatic heterocycles. The molecule has 0 spiro atoms. The molecule has 4 rings (SSSR count). The van der Waals surface area contributed by atoms with Gasteiger partial charge in [-0.1, -0.05) is 53.5 Å². The SMILES string of the molecule is Cc1cc(/C=C(\C#N)C(=O)Nc2ccc3ccccc3c2)c(C)n1-c1ccc(Cl)c(Cl)c1. The van der Waals surface area contributed by atoms with E-state index in [-0.39, 0.29) is 5.57 Å². The van der Waals surface area contributed by atoms with E-state index in [9.17, 15) is 10.1 Å². The second-order valence-electron chi connectivity index (χ2n) is 7.45. The number of anilines is 1. The molecule has 6 heteroatoms. The number of carbonyl (C=O) groups is 1. The lowest BCUT2D eigenvalue weighted by atomic mass is 10.1. The Kier molecular flexibility index (Phi) is 6.05. The Bertz CT molecular complexity index is 1430. The molecular weight excluding hydrogens is 441 g/mol. The van der Waals surface area contributed by atoms with Crippen LogP contribution in [0.15, 0.2) is 72.3 Å². The molecule has 32 heavy (non-hydrogen) atoms. The summed E-state index contributed by atoms with van der Waals surface area (Å²) in [6, 6.07) is 22.9. The molecular formula is C26H19Cl2N3O. The van der Waals surface area contributed by atoms with Crippen molar-refractivity contribution in [1.82, 2.24) is 4.57 Å². The lowest BCUT2D eigenvalue weighted by Gasteiger charge is -2.11. The molecule has 0 unspecified atom stereocenters. The second-order valence-corrected chi connectivity index (χ2v) is 8.26. The van der Waals surface area contributed by atoms with Gasteiger partial charge in [0.1, 0.15) is 11.6 Å². The topological polar surface area (TPSA) is 57.8 Å². The maximum absolute atomic E-state index is 12.8. The average molecular weight is 460 g/mol. The van der Waals surface area contributed by atoms with Crippen molar-refractivity contribution in [2.75, 3.05) is 5.32 Å². The van der Waals surface area contributed by atoms with Gasteiger partial charge in [-0.05, 0) is 72.7 Å². The lowest BCUT2D eigenvalue weighted by Crippen LogP contribution is -2.13. The van der Waals surface area contributed by atoms with Crippen LogP contribution in [0.25, 0.3) is 22.5 Å². The van der Waals surface area contributed by atoms with Crippen LogP contribution in [0.5, 0.6) is 0 Å². The van der Waals surface area contributed by atoms with Gasteiger partial charge in [-0.25, -0.2) is 0 Å². The van der Waals surface area contributed by atoms with Crippen molar-refractivity contribution in [3.05, 3.63) is 99.3 Å². The predicted molar refractivity (Wildman–Crippen MR) is 131 cm³/mol. The highest BCUT2D eigenvalue weighted by Crippen LogP contribution is 2.28. The van der Waals surface area contributed by atoms with Gasteiger partial charge in [0, 0.05) is 22.8 Å². The molecule has 0 aliphatic carbocycles.